The molecule has 8 nitrogen and oxygen atoms in total. The molecule has 1 heterocycles. The van der Waals surface area contributed by atoms with E-state index in [2.05, 4.69) is 5.32 Å². The van der Waals surface area contributed by atoms with E-state index in [-0.39, 0.29) is 24.5 Å². The van der Waals surface area contributed by atoms with Gasteiger partial charge in [0.1, 0.15) is 5.75 Å². The zero-order chi connectivity index (χ0) is 22.9. The van der Waals surface area contributed by atoms with Gasteiger partial charge in [-0.25, -0.2) is 0 Å². The number of hydrogen-bond donors (Lipinski definition) is 1. The quantitative estimate of drug-likeness (QED) is 0.501. The highest BCUT2D eigenvalue weighted by molar-refractivity contribution is 5.95. The summed E-state index contributed by atoms with van der Waals surface area (Å²) >= 11 is 0. The van der Waals surface area contributed by atoms with E-state index in [1.807, 2.05) is 19.1 Å². The lowest BCUT2D eigenvalue weighted by atomic mass is 10.0. The fourth-order valence-electron chi connectivity index (χ4n) is 3.48. The molecule has 8 heteroatoms. The first-order valence-electron chi connectivity index (χ1n) is 10.7. The molecule has 2 aromatic carbocycles. The van der Waals surface area contributed by atoms with Crippen LogP contribution < -0.4 is 19.5 Å². The van der Waals surface area contributed by atoms with Gasteiger partial charge in [-0.05, 0) is 50.1 Å². The van der Waals surface area contributed by atoms with Gasteiger partial charge >= 0.3 is 5.97 Å². The number of amides is 2. The van der Waals surface area contributed by atoms with E-state index in [4.69, 9.17) is 14.2 Å². The number of carbonyl (C=O) groups excluding carboxylic acids is 3. The molecule has 32 heavy (non-hydrogen) atoms. The fraction of sp³-hybridized carbons (Fsp3) is 0.375. The predicted molar refractivity (Wildman–Crippen MR) is 118 cm³/mol. The molecule has 3 rings (SSSR count). The molecule has 1 fully saturated rings. The predicted octanol–water partition coefficient (Wildman–Crippen LogP) is 2.81. The maximum Gasteiger partial charge on any atom is 0.308 e. The number of piperidine rings is 1. The Hall–Kier alpha value is -3.55. The van der Waals surface area contributed by atoms with Crippen molar-refractivity contribution in [3.63, 3.8) is 0 Å². The van der Waals surface area contributed by atoms with Gasteiger partial charge in [-0.1, -0.05) is 18.2 Å². The van der Waals surface area contributed by atoms with Crippen LogP contribution in [-0.2, 0) is 9.59 Å². The second kappa shape index (κ2) is 11.2. The molecule has 0 aliphatic carbocycles. The number of hydrogen-bond acceptors (Lipinski definition) is 6. The van der Waals surface area contributed by atoms with E-state index in [0.717, 1.165) is 0 Å². The molecule has 0 spiro atoms. The van der Waals surface area contributed by atoms with Gasteiger partial charge in [0.2, 0.25) is 0 Å². The molecule has 2 aromatic rings. The summed E-state index contributed by atoms with van der Waals surface area (Å²) in [4.78, 5) is 37.9. The maximum atomic E-state index is 12.5. The average Bonchev–Trinajstić information content (AvgIpc) is 2.79. The second-order valence-electron chi connectivity index (χ2n) is 7.42. The zero-order valence-corrected chi connectivity index (χ0v) is 18.3. The third-order valence-corrected chi connectivity index (χ3v) is 5.04. The van der Waals surface area contributed by atoms with E-state index >= 15 is 0 Å². The molecular formula is C24H28N2O6. The van der Waals surface area contributed by atoms with Crippen molar-refractivity contribution in [2.45, 2.75) is 32.7 Å². The highest BCUT2D eigenvalue weighted by Gasteiger charge is 2.24. The van der Waals surface area contributed by atoms with Crippen molar-refractivity contribution in [3.05, 3.63) is 54.1 Å². The molecule has 1 aliphatic heterocycles. The fourth-order valence-corrected chi connectivity index (χ4v) is 3.48. The second-order valence-corrected chi connectivity index (χ2v) is 7.42. The van der Waals surface area contributed by atoms with Gasteiger partial charge in [0.25, 0.3) is 11.8 Å². The Morgan fingerprint density at radius 1 is 1.00 bits per heavy atom. The summed E-state index contributed by atoms with van der Waals surface area (Å²) in [6, 6.07) is 13.7. The lowest BCUT2D eigenvalue weighted by Gasteiger charge is -2.32. The van der Waals surface area contributed by atoms with Gasteiger partial charge in [-0.15, -0.1) is 0 Å². The molecule has 0 saturated carbocycles. The van der Waals surface area contributed by atoms with E-state index in [0.29, 0.717) is 55.4 Å². The van der Waals surface area contributed by atoms with Crippen molar-refractivity contribution in [2.24, 2.45) is 0 Å². The summed E-state index contributed by atoms with van der Waals surface area (Å²) in [5, 5.41) is 2.99. The minimum absolute atomic E-state index is 0.0384. The van der Waals surface area contributed by atoms with Gasteiger partial charge in [-0.3, -0.25) is 14.4 Å². The van der Waals surface area contributed by atoms with E-state index in [1.54, 1.807) is 35.2 Å². The summed E-state index contributed by atoms with van der Waals surface area (Å²) < 4.78 is 16.2. The smallest absolute Gasteiger partial charge is 0.308 e. The standard InChI is InChI=1S/C24H28N2O6/c1-3-30-21-9-4-5-10-22(21)31-16-23(28)26-13-11-19(12-14-26)25-24(29)18-7-6-8-20(15-18)32-17(2)27/h4-10,15,19H,3,11-14,16H2,1-2H3,(H,25,29). The Labute approximate surface area is 187 Å². The Kier molecular flexibility index (Phi) is 8.08. The third-order valence-electron chi connectivity index (χ3n) is 5.04. The van der Waals surface area contributed by atoms with Gasteiger partial charge in [0.05, 0.1) is 6.61 Å². The van der Waals surface area contributed by atoms with Crippen LogP contribution >= 0.6 is 0 Å². The summed E-state index contributed by atoms with van der Waals surface area (Å²) in [6.45, 7) is 4.72. The van der Waals surface area contributed by atoms with Crippen molar-refractivity contribution < 1.29 is 28.6 Å². The van der Waals surface area contributed by atoms with Crippen LogP contribution in [0.1, 0.15) is 37.0 Å². The van der Waals surface area contributed by atoms with E-state index in [9.17, 15) is 14.4 Å². The molecule has 0 radical (unpaired) electrons. The van der Waals surface area contributed by atoms with Crippen molar-refractivity contribution in [1.82, 2.24) is 10.2 Å². The summed E-state index contributed by atoms with van der Waals surface area (Å²) in [7, 11) is 0. The largest absolute Gasteiger partial charge is 0.490 e. The molecule has 0 bridgehead atoms. The Bertz CT molecular complexity index is 953. The Morgan fingerprint density at radius 2 is 1.69 bits per heavy atom. The lowest BCUT2D eigenvalue weighted by molar-refractivity contribution is -0.134. The monoisotopic (exact) mass is 440 g/mol. The zero-order valence-electron chi connectivity index (χ0n) is 18.3. The number of nitrogens with zero attached hydrogens (tertiary/aromatic N) is 1. The topological polar surface area (TPSA) is 94.2 Å². The summed E-state index contributed by atoms with van der Waals surface area (Å²) in [5.74, 6) is 0.707. The van der Waals surface area contributed by atoms with Crippen LogP contribution in [0.25, 0.3) is 0 Å². The van der Waals surface area contributed by atoms with E-state index in [1.165, 1.54) is 13.0 Å². The Balaban J connectivity index is 1.46. The number of para-hydroxylation sites is 2. The highest BCUT2D eigenvalue weighted by Crippen LogP contribution is 2.26. The SMILES string of the molecule is CCOc1ccccc1OCC(=O)N1CCC(NC(=O)c2cccc(OC(C)=O)c2)CC1. The van der Waals surface area contributed by atoms with Crippen molar-refractivity contribution in [2.75, 3.05) is 26.3 Å². The first-order valence-corrected chi connectivity index (χ1v) is 10.7. The van der Waals surface area contributed by atoms with Crippen LogP contribution in [0.5, 0.6) is 17.2 Å². The minimum atomic E-state index is -0.440. The molecule has 1 N–H and O–H groups in total. The van der Waals surface area contributed by atoms with E-state index < -0.39 is 5.97 Å². The molecule has 0 unspecified atom stereocenters. The van der Waals surface area contributed by atoms with Crippen LogP contribution in [0.15, 0.2) is 48.5 Å². The number of carbonyl (C=O) groups is 3. The summed E-state index contributed by atoms with van der Waals surface area (Å²) in [5.41, 5.74) is 0.420. The van der Waals surface area contributed by atoms with Crippen LogP contribution in [0.4, 0.5) is 0 Å². The molecule has 0 aromatic heterocycles. The first kappa shape index (κ1) is 23.1. The van der Waals surface area contributed by atoms with Crippen LogP contribution in [0.3, 0.4) is 0 Å². The number of rotatable bonds is 8. The first-order chi connectivity index (χ1) is 15.5. The van der Waals surface area contributed by atoms with Crippen molar-refractivity contribution >= 4 is 17.8 Å². The van der Waals surface area contributed by atoms with Gasteiger partial charge < -0.3 is 24.4 Å². The van der Waals surface area contributed by atoms with Crippen molar-refractivity contribution in [1.29, 1.82) is 0 Å². The number of benzene rings is 2. The van der Waals surface area contributed by atoms with Gasteiger partial charge in [0, 0.05) is 31.6 Å². The van der Waals surface area contributed by atoms with Crippen molar-refractivity contribution in [3.8, 4) is 17.2 Å². The molecule has 1 saturated heterocycles. The summed E-state index contributed by atoms with van der Waals surface area (Å²) in [6.07, 6.45) is 1.30. The minimum Gasteiger partial charge on any atom is -0.490 e. The molecule has 170 valence electrons. The number of ether oxygens (including phenoxy) is 3. The Morgan fingerprint density at radius 3 is 2.34 bits per heavy atom. The van der Waals surface area contributed by atoms with Crippen LogP contribution in [0, 0.1) is 0 Å². The van der Waals surface area contributed by atoms with Crippen LogP contribution in [0.2, 0.25) is 0 Å². The average molecular weight is 440 g/mol. The van der Waals surface area contributed by atoms with Crippen LogP contribution in [-0.4, -0.2) is 55.0 Å². The molecule has 0 atom stereocenters. The number of likely N-dealkylation sites (tertiary alicyclic amines) is 1. The maximum absolute atomic E-state index is 12.5. The number of esters is 1. The third kappa shape index (κ3) is 6.47. The normalized spacial score (nSPS) is 13.9. The molecule has 1 aliphatic rings. The lowest BCUT2D eigenvalue weighted by Crippen LogP contribution is -2.47. The van der Waals surface area contributed by atoms with Gasteiger partial charge in [0.15, 0.2) is 18.1 Å². The highest BCUT2D eigenvalue weighted by atomic mass is 16.5. The molecule has 2 amide bonds. The number of nitrogens with one attached hydrogen (secondary N) is 1. The van der Waals surface area contributed by atoms with Gasteiger partial charge in [-0.2, -0.15) is 0 Å². The molecular weight excluding hydrogens is 412 g/mol.